The van der Waals surface area contributed by atoms with Crippen molar-refractivity contribution in [1.29, 1.82) is 0 Å². The summed E-state index contributed by atoms with van der Waals surface area (Å²) in [5.41, 5.74) is -0.252. The molecule has 0 unspecified atom stereocenters. The Bertz CT molecular complexity index is 535. The number of nitrogens with zero attached hydrogens (tertiary/aromatic N) is 3. The van der Waals surface area contributed by atoms with E-state index in [0.717, 1.165) is 11.0 Å². The first-order chi connectivity index (χ1) is 9.60. The van der Waals surface area contributed by atoms with E-state index in [1.807, 2.05) is 0 Å². The second-order valence-corrected chi connectivity index (χ2v) is 4.86. The summed E-state index contributed by atoms with van der Waals surface area (Å²) in [4.78, 5) is 28.8. The van der Waals surface area contributed by atoms with Crippen LogP contribution in [0, 0.1) is 0 Å². The summed E-state index contributed by atoms with van der Waals surface area (Å²) in [5.74, 6) is -1.64. The first-order valence-corrected chi connectivity index (χ1v) is 6.15. The van der Waals surface area contributed by atoms with Crippen molar-refractivity contribution in [2.24, 2.45) is 0 Å². The van der Waals surface area contributed by atoms with Crippen LogP contribution >= 0.6 is 11.6 Å². The van der Waals surface area contributed by atoms with E-state index in [-0.39, 0.29) is 10.7 Å². The highest BCUT2D eigenvalue weighted by atomic mass is 35.5. The Morgan fingerprint density at radius 3 is 2.43 bits per heavy atom. The molecular formula is C12H13ClF3N3O2. The van der Waals surface area contributed by atoms with Crippen LogP contribution in [-0.4, -0.2) is 60.0 Å². The lowest BCUT2D eigenvalue weighted by molar-refractivity contribution is -0.146. The van der Waals surface area contributed by atoms with Crippen LogP contribution in [0.3, 0.4) is 0 Å². The first kappa shape index (κ1) is 17.2. The van der Waals surface area contributed by atoms with Crippen LogP contribution in [0.4, 0.5) is 13.2 Å². The molecule has 116 valence electrons. The molecule has 0 spiro atoms. The highest BCUT2D eigenvalue weighted by Crippen LogP contribution is 2.18. The average molecular weight is 324 g/mol. The van der Waals surface area contributed by atoms with Crippen LogP contribution in [0.1, 0.15) is 10.5 Å². The smallest absolute Gasteiger partial charge is 0.347 e. The largest absolute Gasteiger partial charge is 0.406 e. The third-order valence-electron chi connectivity index (χ3n) is 2.42. The minimum absolute atomic E-state index is 0.166. The average Bonchev–Trinajstić information content (AvgIpc) is 2.35. The van der Waals surface area contributed by atoms with Crippen molar-refractivity contribution in [3.63, 3.8) is 0 Å². The van der Waals surface area contributed by atoms with E-state index in [0.29, 0.717) is 4.90 Å². The van der Waals surface area contributed by atoms with Gasteiger partial charge in [-0.1, -0.05) is 11.6 Å². The van der Waals surface area contributed by atoms with Gasteiger partial charge in [-0.15, -0.1) is 0 Å². The maximum Gasteiger partial charge on any atom is 0.406 e. The van der Waals surface area contributed by atoms with Gasteiger partial charge >= 0.3 is 6.18 Å². The molecule has 0 aliphatic heterocycles. The zero-order valence-corrected chi connectivity index (χ0v) is 12.1. The van der Waals surface area contributed by atoms with Gasteiger partial charge in [0.15, 0.2) is 0 Å². The molecule has 0 atom stereocenters. The van der Waals surface area contributed by atoms with Crippen molar-refractivity contribution in [2.75, 3.05) is 27.2 Å². The molecule has 1 rings (SSSR count). The van der Waals surface area contributed by atoms with E-state index in [1.165, 1.54) is 26.4 Å². The van der Waals surface area contributed by atoms with E-state index >= 15 is 0 Å². The van der Waals surface area contributed by atoms with E-state index in [2.05, 4.69) is 4.98 Å². The second-order valence-electron chi connectivity index (χ2n) is 4.42. The molecule has 9 heteroatoms. The minimum Gasteiger partial charge on any atom is -0.347 e. The highest BCUT2D eigenvalue weighted by molar-refractivity contribution is 6.30. The predicted molar refractivity (Wildman–Crippen MR) is 69.9 cm³/mol. The Morgan fingerprint density at radius 2 is 1.95 bits per heavy atom. The Hall–Kier alpha value is -1.83. The summed E-state index contributed by atoms with van der Waals surface area (Å²) >= 11 is 5.67. The summed E-state index contributed by atoms with van der Waals surface area (Å²) in [7, 11) is 2.77. The number of carbonyl (C=O) groups is 2. The summed E-state index contributed by atoms with van der Waals surface area (Å²) < 4.78 is 37.6. The zero-order chi connectivity index (χ0) is 16.2. The minimum atomic E-state index is -4.62. The van der Waals surface area contributed by atoms with Gasteiger partial charge in [-0.2, -0.15) is 13.2 Å². The summed E-state index contributed by atoms with van der Waals surface area (Å²) in [6.45, 7) is -2.24. The van der Waals surface area contributed by atoms with Gasteiger partial charge in [0.05, 0.1) is 0 Å². The second kappa shape index (κ2) is 6.75. The van der Waals surface area contributed by atoms with Crippen LogP contribution in [0.25, 0.3) is 0 Å². The number of carbonyl (C=O) groups excluding carboxylic acids is 2. The number of likely N-dealkylation sites (N-methyl/N-ethyl adjacent to an activating group) is 1. The van der Waals surface area contributed by atoms with Gasteiger partial charge in [0.25, 0.3) is 5.91 Å². The van der Waals surface area contributed by atoms with Crippen molar-refractivity contribution in [3.8, 4) is 0 Å². The molecule has 0 fully saturated rings. The summed E-state index contributed by atoms with van der Waals surface area (Å²) in [6.07, 6.45) is -3.42. The monoisotopic (exact) mass is 323 g/mol. The van der Waals surface area contributed by atoms with E-state index < -0.39 is 31.1 Å². The van der Waals surface area contributed by atoms with E-state index in [4.69, 9.17) is 11.6 Å². The van der Waals surface area contributed by atoms with Gasteiger partial charge in [0, 0.05) is 25.3 Å². The van der Waals surface area contributed by atoms with Crippen molar-refractivity contribution in [3.05, 3.63) is 29.0 Å². The van der Waals surface area contributed by atoms with Crippen LogP contribution in [-0.2, 0) is 4.79 Å². The fraction of sp³-hybridized carbons (Fsp3) is 0.417. The standard InChI is InChI=1S/C12H13ClF3N3O2/c1-18(2)10(20)6-19(7-12(14,15)16)11(21)9-5-8(13)3-4-17-9/h3-5H,6-7H2,1-2H3. The lowest BCUT2D eigenvalue weighted by Crippen LogP contribution is -2.45. The Kier molecular flexibility index (Phi) is 5.54. The molecule has 0 aromatic carbocycles. The first-order valence-electron chi connectivity index (χ1n) is 5.78. The van der Waals surface area contributed by atoms with Crippen molar-refractivity contribution in [1.82, 2.24) is 14.8 Å². The van der Waals surface area contributed by atoms with Gasteiger partial charge in [0.2, 0.25) is 5.91 Å². The van der Waals surface area contributed by atoms with Crippen LogP contribution in [0.2, 0.25) is 5.02 Å². The molecule has 0 bridgehead atoms. The molecule has 0 radical (unpaired) electrons. The molecule has 0 saturated heterocycles. The van der Waals surface area contributed by atoms with E-state index in [9.17, 15) is 22.8 Å². The summed E-state index contributed by atoms with van der Waals surface area (Å²) in [5, 5.41) is 0.166. The van der Waals surface area contributed by atoms with Crippen LogP contribution in [0.15, 0.2) is 18.3 Å². The maximum atomic E-state index is 12.5. The number of aromatic nitrogens is 1. The van der Waals surface area contributed by atoms with Crippen LogP contribution < -0.4 is 0 Å². The number of pyridine rings is 1. The number of alkyl halides is 3. The number of hydrogen-bond donors (Lipinski definition) is 0. The lowest BCUT2D eigenvalue weighted by atomic mass is 10.3. The number of hydrogen-bond acceptors (Lipinski definition) is 3. The molecule has 0 saturated carbocycles. The number of amides is 2. The Labute approximate surface area is 124 Å². The van der Waals surface area contributed by atoms with Gasteiger partial charge in [-0.3, -0.25) is 14.6 Å². The lowest BCUT2D eigenvalue weighted by Gasteiger charge is -2.24. The molecule has 0 N–H and O–H groups in total. The zero-order valence-electron chi connectivity index (χ0n) is 11.3. The van der Waals surface area contributed by atoms with Crippen molar-refractivity contribution in [2.45, 2.75) is 6.18 Å². The predicted octanol–water partition coefficient (Wildman–Crippen LogP) is 1.83. The normalized spacial score (nSPS) is 11.1. The maximum absolute atomic E-state index is 12.5. The SMILES string of the molecule is CN(C)C(=O)CN(CC(F)(F)F)C(=O)c1cc(Cl)ccn1. The quantitative estimate of drug-likeness (QED) is 0.849. The third-order valence-corrected chi connectivity index (χ3v) is 2.66. The van der Waals surface area contributed by atoms with E-state index in [1.54, 1.807) is 0 Å². The molecule has 21 heavy (non-hydrogen) atoms. The fourth-order valence-electron chi connectivity index (χ4n) is 1.40. The van der Waals surface area contributed by atoms with Crippen molar-refractivity contribution >= 4 is 23.4 Å². The highest BCUT2D eigenvalue weighted by Gasteiger charge is 2.35. The topological polar surface area (TPSA) is 53.5 Å². The Balaban J connectivity index is 3.00. The third kappa shape index (κ3) is 5.58. The molecule has 2 amide bonds. The Morgan fingerprint density at radius 1 is 1.33 bits per heavy atom. The van der Waals surface area contributed by atoms with Gasteiger partial charge in [-0.05, 0) is 12.1 Å². The summed E-state index contributed by atoms with van der Waals surface area (Å²) in [6, 6.07) is 2.53. The number of halogens is 4. The van der Waals surface area contributed by atoms with Gasteiger partial charge in [0.1, 0.15) is 18.8 Å². The van der Waals surface area contributed by atoms with Gasteiger partial charge in [-0.25, -0.2) is 0 Å². The number of rotatable bonds is 4. The van der Waals surface area contributed by atoms with Crippen molar-refractivity contribution < 1.29 is 22.8 Å². The van der Waals surface area contributed by atoms with Crippen LogP contribution in [0.5, 0.6) is 0 Å². The molecule has 1 aromatic rings. The molecular weight excluding hydrogens is 311 g/mol. The molecule has 0 aliphatic rings. The fourth-order valence-corrected chi connectivity index (χ4v) is 1.56. The van der Waals surface area contributed by atoms with Gasteiger partial charge < -0.3 is 9.80 Å². The molecule has 5 nitrogen and oxygen atoms in total. The molecule has 1 heterocycles. The molecule has 1 aromatic heterocycles. The molecule has 0 aliphatic carbocycles.